The van der Waals surface area contributed by atoms with Crippen molar-refractivity contribution in [1.82, 2.24) is 0 Å². The summed E-state index contributed by atoms with van der Waals surface area (Å²) in [5.74, 6) is -0.809. The van der Waals surface area contributed by atoms with E-state index in [0.717, 1.165) is 24.0 Å². The predicted octanol–water partition coefficient (Wildman–Crippen LogP) is 3.99. The molecule has 0 amide bonds. The van der Waals surface area contributed by atoms with Crippen molar-refractivity contribution in [2.45, 2.75) is 52.9 Å². The molecule has 1 saturated carbocycles. The van der Waals surface area contributed by atoms with Gasteiger partial charge in [-0.25, -0.2) is 0 Å². The van der Waals surface area contributed by atoms with Gasteiger partial charge in [-0.3, -0.25) is 9.59 Å². The lowest BCUT2D eigenvalue weighted by Crippen LogP contribution is -2.28. The summed E-state index contributed by atoms with van der Waals surface area (Å²) in [6.45, 7) is 10.3. The first-order chi connectivity index (χ1) is 11.4. The predicted molar refractivity (Wildman–Crippen MR) is 96.0 cm³/mol. The van der Waals surface area contributed by atoms with Crippen LogP contribution in [0.25, 0.3) is 0 Å². The fourth-order valence-electron chi connectivity index (χ4n) is 3.86. The van der Waals surface area contributed by atoms with E-state index in [2.05, 4.69) is 39.5 Å². The number of ether oxygens (including phenoxy) is 1. The number of aryl methyl sites for hydroxylation is 3. The van der Waals surface area contributed by atoms with Gasteiger partial charge in [0.15, 0.2) is 0 Å². The number of allylic oxidation sites excluding steroid dienone is 1. The molecule has 3 heteroatoms. The maximum Gasteiger partial charge on any atom is 0.309 e. The summed E-state index contributed by atoms with van der Waals surface area (Å²) >= 11 is 0. The van der Waals surface area contributed by atoms with Crippen LogP contribution in [0, 0.1) is 18.8 Å². The molecular formula is C21H28O3. The molecule has 3 nitrogen and oxygen atoms in total. The molecule has 24 heavy (non-hydrogen) atoms. The van der Waals surface area contributed by atoms with Crippen molar-refractivity contribution in [1.29, 1.82) is 0 Å². The minimum atomic E-state index is -0.365. The zero-order chi connectivity index (χ0) is 17.9. The normalized spacial score (nSPS) is 20.2. The molecule has 0 radical (unpaired) electrons. The first-order valence-electron chi connectivity index (χ1n) is 8.79. The molecule has 130 valence electrons. The van der Waals surface area contributed by atoms with Crippen LogP contribution in [0.3, 0.4) is 0 Å². The second-order valence-corrected chi connectivity index (χ2v) is 6.81. The molecule has 1 fully saturated rings. The first-order valence-corrected chi connectivity index (χ1v) is 8.79. The highest BCUT2D eigenvalue weighted by Gasteiger charge is 2.40. The lowest BCUT2D eigenvalue weighted by molar-refractivity contribution is -0.148. The second kappa shape index (κ2) is 7.78. The number of rotatable bonds is 6. The number of hydrogen-bond donors (Lipinski definition) is 0. The number of carbonyl (C=O) groups excluding carboxylic acids is 2. The van der Waals surface area contributed by atoms with Crippen LogP contribution in [-0.2, 0) is 33.6 Å². The van der Waals surface area contributed by atoms with Crippen LogP contribution in [-0.4, -0.2) is 18.9 Å². The molecule has 0 N–H and O–H groups in total. The number of ketones is 1. The van der Waals surface area contributed by atoms with Crippen molar-refractivity contribution < 1.29 is 14.3 Å². The molecule has 0 spiro atoms. The molecular weight excluding hydrogens is 300 g/mol. The standard InChI is InChI=1S/C21H28O3/c1-6-15-8-13(3)9-16(7-2)17(15)12-20(22)18-10-14(4)11-19(18)21(23)24-5/h8-9,18-19H,4,6-7,10-12H2,1-3,5H3/t18?,19-/m0/s1. The number of esters is 1. The van der Waals surface area contributed by atoms with Crippen LogP contribution in [0.4, 0.5) is 0 Å². The molecule has 0 bridgehead atoms. The van der Waals surface area contributed by atoms with E-state index in [0.29, 0.717) is 19.3 Å². The van der Waals surface area contributed by atoms with Crippen LogP contribution < -0.4 is 0 Å². The molecule has 0 heterocycles. The number of methoxy groups -OCH3 is 1. The molecule has 2 atom stereocenters. The summed E-state index contributed by atoms with van der Waals surface area (Å²) in [6, 6.07) is 4.35. The smallest absolute Gasteiger partial charge is 0.309 e. The van der Waals surface area contributed by atoms with Crippen molar-refractivity contribution in [3.63, 3.8) is 0 Å². The average Bonchev–Trinajstić information content (AvgIpc) is 2.96. The largest absolute Gasteiger partial charge is 0.469 e. The Morgan fingerprint density at radius 2 is 1.67 bits per heavy atom. The van der Waals surface area contributed by atoms with Crippen LogP contribution >= 0.6 is 0 Å². The van der Waals surface area contributed by atoms with Crippen LogP contribution in [0.2, 0.25) is 0 Å². The monoisotopic (exact) mass is 328 g/mol. The van der Waals surface area contributed by atoms with Gasteiger partial charge in [0.05, 0.1) is 13.0 Å². The number of carbonyl (C=O) groups is 2. The van der Waals surface area contributed by atoms with Gasteiger partial charge in [0, 0.05) is 12.3 Å². The fourth-order valence-corrected chi connectivity index (χ4v) is 3.86. The molecule has 1 unspecified atom stereocenters. The van der Waals surface area contributed by atoms with Crippen molar-refractivity contribution in [2.75, 3.05) is 7.11 Å². The highest BCUT2D eigenvalue weighted by molar-refractivity contribution is 5.90. The van der Waals surface area contributed by atoms with Gasteiger partial charge in [-0.2, -0.15) is 0 Å². The Kier molecular flexibility index (Phi) is 5.98. The van der Waals surface area contributed by atoms with Crippen LogP contribution in [0.15, 0.2) is 24.3 Å². The van der Waals surface area contributed by atoms with Crippen molar-refractivity contribution >= 4 is 11.8 Å². The molecule has 0 aromatic heterocycles. The lowest BCUT2D eigenvalue weighted by Gasteiger charge is -2.19. The van der Waals surface area contributed by atoms with Gasteiger partial charge in [-0.1, -0.05) is 43.7 Å². The molecule has 0 saturated heterocycles. The Labute approximate surface area is 145 Å². The van der Waals surface area contributed by atoms with E-state index in [1.165, 1.54) is 23.8 Å². The third-order valence-corrected chi connectivity index (χ3v) is 5.11. The third-order valence-electron chi connectivity index (χ3n) is 5.11. The fraction of sp³-hybridized carbons (Fsp3) is 0.524. The molecule has 1 aliphatic carbocycles. The summed E-state index contributed by atoms with van der Waals surface area (Å²) in [5.41, 5.74) is 5.84. The van der Waals surface area contributed by atoms with Crippen LogP contribution in [0.1, 0.15) is 48.9 Å². The van der Waals surface area contributed by atoms with E-state index in [-0.39, 0.29) is 23.6 Å². The lowest BCUT2D eigenvalue weighted by atomic mass is 9.85. The summed E-state index contributed by atoms with van der Waals surface area (Å²) in [5, 5.41) is 0. The van der Waals surface area contributed by atoms with Crippen molar-refractivity contribution in [3.8, 4) is 0 Å². The summed E-state index contributed by atoms with van der Waals surface area (Å²) in [7, 11) is 1.38. The molecule has 1 aromatic carbocycles. The SMILES string of the molecule is C=C1CC(C(=O)Cc2c(CC)cc(C)cc2CC)[C@@H](C(=O)OC)C1. The Morgan fingerprint density at radius 1 is 1.12 bits per heavy atom. The van der Waals surface area contributed by atoms with Crippen LogP contribution in [0.5, 0.6) is 0 Å². The van der Waals surface area contributed by atoms with Gasteiger partial charge < -0.3 is 4.74 Å². The van der Waals surface area contributed by atoms with Gasteiger partial charge >= 0.3 is 5.97 Å². The molecule has 2 rings (SSSR count). The van der Waals surface area contributed by atoms with Gasteiger partial charge in [-0.15, -0.1) is 0 Å². The van der Waals surface area contributed by atoms with Crippen molar-refractivity contribution in [3.05, 3.63) is 46.5 Å². The third kappa shape index (κ3) is 3.77. The summed E-state index contributed by atoms with van der Waals surface area (Å²) in [4.78, 5) is 25.0. The Balaban J connectivity index is 2.29. The van der Waals surface area contributed by atoms with E-state index < -0.39 is 0 Å². The Bertz CT molecular complexity index is 632. The maximum atomic E-state index is 13.0. The number of benzene rings is 1. The highest BCUT2D eigenvalue weighted by atomic mass is 16.5. The minimum Gasteiger partial charge on any atom is -0.469 e. The molecule has 1 aromatic rings. The highest BCUT2D eigenvalue weighted by Crippen LogP contribution is 2.37. The summed E-state index contributed by atoms with van der Waals surface area (Å²) < 4.78 is 4.89. The van der Waals surface area contributed by atoms with Gasteiger partial charge in [0.2, 0.25) is 0 Å². The van der Waals surface area contributed by atoms with Gasteiger partial charge in [0.25, 0.3) is 0 Å². The Morgan fingerprint density at radius 3 is 2.17 bits per heavy atom. The Hall–Kier alpha value is -1.90. The first kappa shape index (κ1) is 18.4. The zero-order valence-electron chi connectivity index (χ0n) is 15.3. The van der Waals surface area contributed by atoms with Gasteiger partial charge in [0.1, 0.15) is 5.78 Å². The van der Waals surface area contributed by atoms with E-state index in [1.807, 2.05) is 0 Å². The maximum absolute atomic E-state index is 13.0. The van der Waals surface area contributed by atoms with Crippen molar-refractivity contribution in [2.24, 2.45) is 11.8 Å². The molecule has 0 aliphatic heterocycles. The van der Waals surface area contributed by atoms with E-state index in [4.69, 9.17) is 4.74 Å². The second-order valence-electron chi connectivity index (χ2n) is 6.81. The van der Waals surface area contributed by atoms with E-state index in [9.17, 15) is 9.59 Å². The van der Waals surface area contributed by atoms with Gasteiger partial charge in [-0.05, 0) is 49.3 Å². The zero-order valence-corrected chi connectivity index (χ0v) is 15.3. The number of hydrogen-bond acceptors (Lipinski definition) is 3. The van der Waals surface area contributed by atoms with E-state index in [1.54, 1.807) is 0 Å². The topological polar surface area (TPSA) is 43.4 Å². The average molecular weight is 328 g/mol. The number of Topliss-reactive ketones (excluding diaryl/α,β-unsaturated/α-hetero) is 1. The minimum absolute atomic E-state index is 0.136. The van der Waals surface area contributed by atoms with E-state index >= 15 is 0 Å². The quantitative estimate of drug-likeness (QED) is 0.586. The summed E-state index contributed by atoms with van der Waals surface area (Å²) in [6.07, 6.45) is 3.40. The molecule has 1 aliphatic rings.